The SMILES string of the molecule is COc1ccc(NC(=O)C(C)N(C)Cc2cnn(-c3ccccc3)c2)cc1Cl. The van der Waals surface area contributed by atoms with Crippen LogP contribution in [0.4, 0.5) is 5.69 Å². The first-order chi connectivity index (χ1) is 13.5. The first kappa shape index (κ1) is 19.9. The molecule has 3 rings (SSSR count). The van der Waals surface area contributed by atoms with Crippen molar-refractivity contribution < 1.29 is 9.53 Å². The average Bonchev–Trinajstić information content (AvgIpc) is 3.16. The highest BCUT2D eigenvalue weighted by molar-refractivity contribution is 6.32. The Balaban J connectivity index is 1.61. The Kier molecular flexibility index (Phi) is 6.34. The van der Waals surface area contributed by atoms with Gasteiger partial charge in [-0.1, -0.05) is 29.8 Å². The van der Waals surface area contributed by atoms with Crippen LogP contribution in [0.3, 0.4) is 0 Å². The summed E-state index contributed by atoms with van der Waals surface area (Å²) in [6.45, 7) is 2.47. The molecule has 1 N–H and O–H groups in total. The third-order valence-electron chi connectivity index (χ3n) is 4.55. The van der Waals surface area contributed by atoms with E-state index in [-0.39, 0.29) is 11.9 Å². The van der Waals surface area contributed by atoms with Crippen molar-refractivity contribution in [1.29, 1.82) is 0 Å². The number of carbonyl (C=O) groups is 1. The van der Waals surface area contributed by atoms with E-state index in [1.54, 1.807) is 25.3 Å². The van der Waals surface area contributed by atoms with Gasteiger partial charge in [0.15, 0.2) is 0 Å². The summed E-state index contributed by atoms with van der Waals surface area (Å²) in [5.74, 6) is 0.458. The smallest absolute Gasteiger partial charge is 0.241 e. The predicted octanol–water partition coefficient (Wildman–Crippen LogP) is 3.99. The van der Waals surface area contributed by atoms with E-state index in [4.69, 9.17) is 16.3 Å². The van der Waals surface area contributed by atoms with E-state index in [1.165, 1.54) is 0 Å². The highest BCUT2D eigenvalue weighted by atomic mass is 35.5. The van der Waals surface area contributed by atoms with E-state index >= 15 is 0 Å². The molecule has 146 valence electrons. The molecule has 0 saturated heterocycles. The molecule has 1 aromatic heterocycles. The van der Waals surface area contributed by atoms with Crippen LogP contribution in [-0.4, -0.2) is 40.8 Å². The minimum absolute atomic E-state index is 0.112. The van der Waals surface area contributed by atoms with Gasteiger partial charge in [0.25, 0.3) is 0 Å². The van der Waals surface area contributed by atoms with Crippen molar-refractivity contribution >= 4 is 23.2 Å². The molecule has 0 aliphatic carbocycles. The van der Waals surface area contributed by atoms with E-state index in [0.29, 0.717) is 23.0 Å². The second-order valence-electron chi connectivity index (χ2n) is 6.56. The number of benzene rings is 2. The number of rotatable bonds is 7. The molecule has 0 radical (unpaired) electrons. The van der Waals surface area contributed by atoms with Crippen molar-refractivity contribution in [2.45, 2.75) is 19.5 Å². The minimum atomic E-state index is -0.332. The van der Waals surface area contributed by atoms with Gasteiger partial charge in [0, 0.05) is 24.0 Å². The number of ether oxygens (including phenoxy) is 1. The molecular formula is C21H23ClN4O2. The zero-order chi connectivity index (χ0) is 20.1. The first-order valence-electron chi connectivity index (χ1n) is 8.91. The minimum Gasteiger partial charge on any atom is -0.495 e. The highest BCUT2D eigenvalue weighted by Crippen LogP contribution is 2.27. The lowest BCUT2D eigenvalue weighted by Gasteiger charge is -2.23. The van der Waals surface area contributed by atoms with Gasteiger partial charge in [-0.3, -0.25) is 9.69 Å². The number of carbonyl (C=O) groups excluding carboxylic acids is 1. The zero-order valence-electron chi connectivity index (χ0n) is 16.1. The molecule has 0 aliphatic heterocycles. The van der Waals surface area contributed by atoms with Crippen molar-refractivity contribution in [3.05, 3.63) is 71.5 Å². The topological polar surface area (TPSA) is 59.4 Å². The number of nitrogens with one attached hydrogen (secondary N) is 1. The van der Waals surface area contributed by atoms with Crippen LogP contribution >= 0.6 is 11.6 Å². The van der Waals surface area contributed by atoms with E-state index in [9.17, 15) is 4.79 Å². The standard InChI is InChI=1S/C21H23ClN4O2/c1-15(21(27)24-17-9-10-20(28-3)19(22)11-17)25(2)13-16-12-23-26(14-16)18-7-5-4-6-8-18/h4-12,14-15H,13H2,1-3H3,(H,24,27). The van der Waals surface area contributed by atoms with E-state index in [2.05, 4.69) is 10.4 Å². The molecule has 0 bridgehead atoms. The van der Waals surface area contributed by atoms with E-state index in [0.717, 1.165) is 11.3 Å². The fourth-order valence-corrected chi connectivity index (χ4v) is 3.04. The number of hydrogen-bond donors (Lipinski definition) is 1. The van der Waals surface area contributed by atoms with Crippen LogP contribution in [0.1, 0.15) is 12.5 Å². The maximum Gasteiger partial charge on any atom is 0.241 e. The molecule has 0 spiro atoms. The van der Waals surface area contributed by atoms with Gasteiger partial charge in [0.1, 0.15) is 5.75 Å². The summed E-state index contributed by atoms with van der Waals surface area (Å²) in [5.41, 5.74) is 2.66. The number of anilines is 1. The summed E-state index contributed by atoms with van der Waals surface area (Å²) in [6, 6.07) is 14.7. The molecule has 1 atom stereocenters. The third-order valence-corrected chi connectivity index (χ3v) is 4.84. The molecule has 0 saturated carbocycles. The Morgan fingerprint density at radius 1 is 1.29 bits per heavy atom. The average molecular weight is 399 g/mol. The molecule has 2 aromatic carbocycles. The fourth-order valence-electron chi connectivity index (χ4n) is 2.78. The Bertz CT molecular complexity index is 943. The lowest BCUT2D eigenvalue weighted by atomic mass is 10.2. The van der Waals surface area contributed by atoms with Crippen molar-refractivity contribution in [2.75, 3.05) is 19.5 Å². The van der Waals surface area contributed by atoms with Crippen molar-refractivity contribution in [3.8, 4) is 11.4 Å². The van der Waals surface area contributed by atoms with Crippen LogP contribution < -0.4 is 10.1 Å². The second kappa shape index (κ2) is 8.91. The van der Waals surface area contributed by atoms with Gasteiger partial charge in [0.2, 0.25) is 5.91 Å². The quantitative estimate of drug-likeness (QED) is 0.653. The molecule has 0 aliphatic rings. The van der Waals surface area contributed by atoms with Gasteiger partial charge >= 0.3 is 0 Å². The highest BCUT2D eigenvalue weighted by Gasteiger charge is 2.19. The molecular weight excluding hydrogens is 376 g/mol. The van der Waals surface area contributed by atoms with Crippen LogP contribution in [0.5, 0.6) is 5.75 Å². The van der Waals surface area contributed by atoms with Gasteiger partial charge in [-0.25, -0.2) is 4.68 Å². The number of amides is 1. The van der Waals surface area contributed by atoms with Crippen molar-refractivity contribution in [3.63, 3.8) is 0 Å². The summed E-state index contributed by atoms with van der Waals surface area (Å²) in [4.78, 5) is 14.6. The lowest BCUT2D eigenvalue weighted by Crippen LogP contribution is -2.39. The summed E-state index contributed by atoms with van der Waals surface area (Å²) in [5, 5.41) is 7.74. The molecule has 1 heterocycles. The Morgan fingerprint density at radius 2 is 2.04 bits per heavy atom. The van der Waals surface area contributed by atoms with Crippen LogP contribution in [0.25, 0.3) is 5.69 Å². The normalized spacial score (nSPS) is 12.0. The molecule has 1 amide bonds. The number of para-hydroxylation sites is 1. The second-order valence-corrected chi connectivity index (χ2v) is 6.97. The van der Waals surface area contributed by atoms with Crippen LogP contribution in [0.2, 0.25) is 5.02 Å². The summed E-state index contributed by atoms with van der Waals surface area (Å²) < 4.78 is 6.96. The maximum atomic E-state index is 12.6. The number of aromatic nitrogens is 2. The van der Waals surface area contributed by atoms with Gasteiger partial charge in [0.05, 0.1) is 30.1 Å². The van der Waals surface area contributed by atoms with Gasteiger partial charge in [-0.05, 0) is 44.3 Å². The van der Waals surface area contributed by atoms with E-state index < -0.39 is 0 Å². The monoisotopic (exact) mass is 398 g/mol. The maximum absolute atomic E-state index is 12.6. The molecule has 7 heteroatoms. The molecule has 6 nitrogen and oxygen atoms in total. The zero-order valence-corrected chi connectivity index (χ0v) is 16.8. The summed E-state index contributed by atoms with van der Waals surface area (Å²) in [6.07, 6.45) is 3.79. The largest absolute Gasteiger partial charge is 0.495 e. The van der Waals surface area contributed by atoms with Crippen LogP contribution in [0, 0.1) is 0 Å². The molecule has 3 aromatic rings. The predicted molar refractivity (Wildman–Crippen MR) is 111 cm³/mol. The van der Waals surface area contributed by atoms with Gasteiger partial charge in [-0.15, -0.1) is 0 Å². The number of nitrogens with zero attached hydrogens (tertiary/aromatic N) is 3. The fraction of sp³-hybridized carbons (Fsp3) is 0.238. The molecule has 28 heavy (non-hydrogen) atoms. The number of hydrogen-bond acceptors (Lipinski definition) is 4. The summed E-state index contributed by atoms with van der Waals surface area (Å²) >= 11 is 6.12. The number of halogens is 1. The summed E-state index contributed by atoms with van der Waals surface area (Å²) in [7, 11) is 3.46. The Labute approximate surface area is 169 Å². The third kappa shape index (κ3) is 4.71. The number of likely N-dealkylation sites (N-methyl/N-ethyl adjacent to an activating group) is 1. The Morgan fingerprint density at radius 3 is 2.71 bits per heavy atom. The van der Waals surface area contributed by atoms with Crippen LogP contribution in [-0.2, 0) is 11.3 Å². The lowest BCUT2D eigenvalue weighted by molar-refractivity contribution is -0.120. The van der Waals surface area contributed by atoms with Crippen molar-refractivity contribution in [1.82, 2.24) is 14.7 Å². The van der Waals surface area contributed by atoms with Crippen LogP contribution in [0.15, 0.2) is 60.9 Å². The Hall–Kier alpha value is -2.83. The van der Waals surface area contributed by atoms with Gasteiger partial charge in [-0.2, -0.15) is 5.10 Å². The van der Waals surface area contributed by atoms with E-state index in [1.807, 2.05) is 66.3 Å². The first-order valence-corrected chi connectivity index (χ1v) is 9.29. The van der Waals surface area contributed by atoms with Crippen molar-refractivity contribution in [2.24, 2.45) is 0 Å². The number of methoxy groups -OCH3 is 1. The van der Waals surface area contributed by atoms with Gasteiger partial charge < -0.3 is 10.1 Å². The molecule has 1 unspecified atom stereocenters. The molecule has 0 fully saturated rings.